The highest BCUT2D eigenvalue weighted by Crippen LogP contribution is 2.36. The molecule has 0 amide bonds. The third kappa shape index (κ3) is 4.73. The van der Waals surface area contributed by atoms with E-state index >= 15 is 0 Å². The van der Waals surface area contributed by atoms with Gasteiger partial charge in [-0.2, -0.15) is 0 Å². The number of anilines is 3. The third-order valence-electron chi connectivity index (χ3n) is 4.76. The van der Waals surface area contributed by atoms with Crippen LogP contribution in [0.15, 0.2) is 24.5 Å². The van der Waals surface area contributed by atoms with Crippen molar-refractivity contribution < 1.29 is 14.5 Å². The van der Waals surface area contributed by atoms with Gasteiger partial charge < -0.3 is 15.0 Å². The number of rotatable bonds is 6. The van der Waals surface area contributed by atoms with Crippen LogP contribution in [-0.4, -0.2) is 40.6 Å². The molecule has 1 aliphatic heterocycles. The second kappa shape index (κ2) is 9.04. The Labute approximate surface area is 173 Å². The van der Waals surface area contributed by atoms with Gasteiger partial charge in [0, 0.05) is 23.8 Å². The maximum Gasteiger partial charge on any atom is 0.353 e. The number of hydrogen-bond donors (Lipinski definition) is 1. The van der Waals surface area contributed by atoms with Crippen molar-refractivity contribution in [2.75, 3.05) is 29.9 Å². The first-order valence-electron chi connectivity index (χ1n) is 9.34. The van der Waals surface area contributed by atoms with Gasteiger partial charge in [-0.1, -0.05) is 17.7 Å². The number of piperidine rings is 1. The highest BCUT2D eigenvalue weighted by molar-refractivity contribution is 6.31. The fourth-order valence-corrected chi connectivity index (χ4v) is 3.47. The molecule has 10 heteroatoms. The summed E-state index contributed by atoms with van der Waals surface area (Å²) in [4.78, 5) is 33.4. The number of carbonyl (C=O) groups excluding carboxylic acids is 1. The number of ether oxygens (including phenoxy) is 1. The molecule has 29 heavy (non-hydrogen) atoms. The van der Waals surface area contributed by atoms with Gasteiger partial charge in [0.2, 0.25) is 11.6 Å². The van der Waals surface area contributed by atoms with Gasteiger partial charge in [-0.05, 0) is 44.4 Å². The topological polar surface area (TPSA) is 110 Å². The van der Waals surface area contributed by atoms with Crippen LogP contribution in [0.25, 0.3) is 0 Å². The van der Waals surface area contributed by atoms with Crippen LogP contribution in [0.2, 0.25) is 5.02 Å². The molecule has 1 fully saturated rings. The highest BCUT2D eigenvalue weighted by Gasteiger charge is 2.33. The summed E-state index contributed by atoms with van der Waals surface area (Å²) in [7, 11) is 0. The molecule has 9 nitrogen and oxygen atoms in total. The van der Waals surface area contributed by atoms with E-state index in [-0.39, 0.29) is 29.2 Å². The predicted octanol–water partition coefficient (Wildman–Crippen LogP) is 3.87. The SMILES string of the molecule is CCOC(=O)C1CCCN(c2ncnc(Nc3ccc(C)c(Cl)c3)c2[N+](=O)[O-])C1. The zero-order chi connectivity index (χ0) is 21.0. The van der Waals surface area contributed by atoms with E-state index < -0.39 is 4.92 Å². The number of esters is 1. The van der Waals surface area contributed by atoms with Crippen molar-refractivity contribution in [1.29, 1.82) is 0 Å². The molecule has 2 aromatic rings. The summed E-state index contributed by atoms with van der Waals surface area (Å²) in [6, 6.07) is 5.26. The molecule has 0 radical (unpaired) electrons. The smallest absolute Gasteiger partial charge is 0.353 e. The Balaban J connectivity index is 1.91. The first kappa shape index (κ1) is 20.8. The van der Waals surface area contributed by atoms with Crippen LogP contribution in [0.3, 0.4) is 0 Å². The lowest BCUT2D eigenvalue weighted by molar-refractivity contribution is -0.383. The zero-order valence-corrected chi connectivity index (χ0v) is 17.0. The van der Waals surface area contributed by atoms with Crippen molar-refractivity contribution in [2.24, 2.45) is 5.92 Å². The van der Waals surface area contributed by atoms with E-state index in [2.05, 4.69) is 15.3 Å². The summed E-state index contributed by atoms with van der Waals surface area (Å²) in [5.74, 6) is -0.384. The molecule has 0 spiro atoms. The van der Waals surface area contributed by atoms with Crippen molar-refractivity contribution in [3.63, 3.8) is 0 Å². The Morgan fingerprint density at radius 3 is 2.93 bits per heavy atom. The van der Waals surface area contributed by atoms with E-state index in [1.54, 1.807) is 24.0 Å². The molecular formula is C19H22ClN5O4. The van der Waals surface area contributed by atoms with Gasteiger partial charge in [-0.25, -0.2) is 9.97 Å². The Morgan fingerprint density at radius 1 is 1.45 bits per heavy atom. The van der Waals surface area contributed by atoms with E-state index in [4.69, 9.17) is 16.3 Å². The normalized spacial score (nSPS) is 16.4. The number of nitrogens with one attached hydrogen (secondary N) is 1. The van der Waals surface area contributed by atoms with Gasteiger partial charge in [-0.3, -0.25) is 14.9 Å². The molecule has 1 aliphatic rings. The van der Waals surface area contributed by atoms with Gasteiger partial charge in [-0.15, -0.1) is 0 Å². The third-order valence-corrected chi connectivity index (χ3v) is 5.17. The van der Waals surface area contributed by atoms with Gasteiger partial charge in [0.25, 0.3) is 0 Å². The largest absolute Gasteiger partial charge is 0.466 e. The van der Waals surface area contributed by atoms with Crippen molar-refractivity contribution in [2.45, 2.75) is 26.7 Å². The van der Waals surface area contributed by atoms with Crippen LogP contribution >= 0.6 is 11.6 Å². The average molecular weight is 420 g/mol. The average Bonchev–Trinajstić information content (AvgIpc) is 2.70. The standard InChI is InChI=1S/C19H22ClN5O4/c1-3-29-19(26)13-5-4-8-24(10-13)18-16(25(27)28)17(21-11-22-18)23-14-7-6-12(2)15(20)9-14/h6-7,9,11,13H,3-5,8,10H2,1-2H3,(H,21,22,23). The lowest BCUT2D eigenvalue weighted by Crippen LogP contribution is -2.40. The van der Waals surface area contributed by atoms with E-state index in [0.717, 1.165) is 5.56 Å². The van der Waals surface area contributed by atoms with Gasteiger partial charge in [0.1, 0.15) is 6.33 Å². The Bertz CT molecular complexity index is 923. The number of hydrogen-bond acceptors (Lipinski definition) is 8. The summed E-state index contributed by atoms with van der Waals surface area (Å²) in [5.41, 5.74) is 1.23. The molecular weight excluding hydrogens is 398 g/mol. The number of halogens is 1. The first-order chi connectivity index (χ1) is 13.9. The number of aryl methyl sites for hydroxylation is 1. The van der Waals surface area contributed by atoms with Crippen molar-refractivity contribution >= 4 is 40.6 Å². The lowest BCUT2D eigenvalue weighted by Gasteiger charge is -2.32. The summed E-state index contributed by atoms with van der Waals surface area (Å²) in [5, 5.41) is 15.4. The molecule has 0 bridgehead atoms. The minimum absolute atomic E-state index is 0.0678. The molecule has 1 atom stereocenters. The van der Waals surface area contributed by atoms with Crippen LogP contribution in [0.4, 0.5) is 23.0 Å². The summed E-state index contributed by atoms with van der Waals surface area (Å²) in [6.45, 7) is 4.79. The lowest BCUT2D eigenvalue weighted by atomic mass is 9.98. The van der Waals surface area contributed by atoms with E-state index in [9.17, 15) is 14.9 Å². The quantitative estimate of drug-likeness (QED) is 0.426. The van der Waals surface area contributed by atoms with Gasteiger partial charge >= 0.3 is 11.7 Å². The predicted molar refractivity (Wildman–Crippen MR) is 110 cm³/mol. The molecule has 154 valence electrons. The summed E-state index contributed by atoms with van der Waals surface area (Å²) < 4.78 is 5.11. The monoisotopic (exact) mass is 419 g/mol. The number of aromatic nitrogens is 2. The molecule has 1 saturated heterocycles. The van der Waals surface area contributed by atoms with E-state index in [1.807, 2.05) is 13.0 Å². The fraction of sp³-hybridized carbons (Fsp3) is 0.421. The number of carbonyl (C=O) groups is 1. The first-order valence-corrected chi connectivity index (χ1v) is 9.72. The zero-order valence-electron chi connectivity index (χ0n) is 16.2. The second-order valence-corrected chi connectivity index (χ2v) is 7.18. The summed E-state index contributed by atoms with van der Waals surface area (Å²) >= 11 is 6.15. The molecule has 2 heterocycles. The van der Waals surface area contributed by atoms with Crippen LogP contribution in [-0.2, 0) is 9.53 Å². The molecule has 0 aliphatic carbocycles. The molecule has 1 N–H and O–H groups in total. The van der Waals surface area contributed by atoms with E-state index in [1.165, 1.54) is 6.33 Å². The van der Waals surface area contributed by atoms with Crippen molar-refractivity contribution in [3.8, 4) is 0 Å². The Hall–Kier alpha value is -2.94. The molecule has 3 rings (SSSR count). The number of benzene rings is 1. The summed E-state index contributed by atoms with van der Waals surface area (Å²) in [6.07, 6.45) is 2.66. The van der Waals surface area contributed by atoms with E-state index in [0.29, 0.717) is 43.2 Å². The number of nitro groups is 1. The van der Waals surface area contributed by atoms with Crippen molar-refractivity contribution in [3.05, 3.63) is 45.2 Å². The van der Waals surface area contributed by atoms with Crippen LogP contribution in [0.1, 0.15) is 25.3 Å². The van der Waals surface area contributed by atoms with Crippen LogP contribution < -0.4 is 10.2 Å². The van der Waals surface area contributed by atoms with Gasteiger partial charge in [0.15, 0.2) is 0 Å². The van der Waals surface area contributed by atoms with Gasteiger partial charge in [0.05, 0.1) is 17.4 Å². The highest BCUT2D eigenvalue weighted by atomic mass is 35.5. The molecule has 1 aromatic heterocycles. The molecule has 1 aromatic carbocycles. The van der Waals surface area contributed by atoms with Crippen LogP contribution in [0.5, 0.6) is 0 Å². The minimum Gasteiger partial charge on any atom is -0.466 e. The van der Waals surface area contributed by atoms with Crippen LogP contribution in [0, 0.1) is 23.0 Å². The van der Waals surface area contributed by atoms with Crippen molar-refractivity contribution in [1.82, 2.24) is 9.97 Å². The maximum atomic E-state index is 12.1. The minimum atomic E-state index is -0.512. The fourth-order valence-electron chi connectivity index (χ4n) is 3.29. The maximum absolute atomic E-state index is 12.1. The number of nitrogens with zero attached hydrogens (tertiary/aromatic N) is 4. The Morgan fingerprint density at radius 2 is 2.24 bits per heavy atom. The molecule has 0 saturated carbocycles. The molecule has 1 unspecified atom stereocenters. The Kier molecular flexibility index (Phi) is 6.48. The second-order valence-electron chi connectivity index (χ2n) is 6.78.